The SMILES string of the molecule is CCN(CCN1CCCC1)Cc1cc(O)c2c(c1Cl)CC1C[C@H]3CC(O)=C(C(N)=O)C(=O)[C@@]3(O)C(O)=C1C2=O. The molecule has 1 saturated heterocycles. The summed E-state index contributed by atoms with van der Waals surface area (Å²) in [6.45, 7) is 7.31. The zero-order valence-electron chi connectivity index (χ0n) is 21.9. The summed E-state index contributed by atoms with van der Waals surface area (Å²) in [5.41, 5.74) is 2.75. The maximum atomic E-state index is 13.6. The zero-order valence-corrected chi connectivity index (χ0v) is 22.6. The normalized spacial score (nSPS) is 27.2. The van der Waals surface area contributed by atoms with Crippen molar-refractivity contribution in [2.75, 3.05) is 32.7 Å². The number of phenolic OH excluding ortho intramolecular Hbond substituents is 1. The Morgan fingerprint density at radius 1 is 1.21 bits per heavy atom. The van der Waals surface area contributed by atoms with E-state index in [4.69, 9.17) is 17.3 Å². The summed E-state index contributed by atoms with van der Waals surface area (Å²) in [6.07, 6.45) is 2.42. The van der Waals surface area contributed by atoms with Gasteiger partial charge < -0.3 is 31.1 Å². The second-order valence-electron chi connectivity index (χ2n) is 11.1. The maximum absolute atomic E-state index is 13.6. The molecule has 10 nitrogen and oxygen atoms in total. The molecule has 6 N–H and O–H groups in total. The number of amides is 1. The first kappa shape index (κ1) is 27.6. The van der Waals surface area contributed by atoms with Gasteiger partial charge in [-0.15, -0.1) is 0 Å². The van der Waals surface area contributed by atoms with Crippen molar-refractivity contribution in [3.8, 4) is 5.75 Å². The monoisotopic (exact) mass is 559 g/mol. The number of carbonyl (C=O) groups is 3. The molecule has 0 bridgehead atoms. The number of primary amides is 1. The summed E-state index contributed by atoms with van der Waals surface area (Å²) in [4.78, 5) is 43.1. The smallest absolute Gasteiger partial charge is 0.255 e. The molecule has 3 aliphatic carbocycles. The number of allylic oxidation sites excluding steroid dienone is 2. The minimum Gasteiger partial charge on any atom is -0.511 e. The van der Waals surface area contributed by atoms with Gasteiger partial charge in [0.1, 0.15) is 22.8 Å². The Kier molecular flexibility index (Phi) is 7.26. The molecule has 1 aromatic rings. The van der Waals surface area contributed by atoms with Crippen LogP contribution in [-0.4, -0.2) is 86.0 Å². The Morgan fingerprint density at radius 3 is 2.54 bits per heavy atom. The first-order valence-electron chi connectivity index (χ1n) is 13.4. The van der Waals surface area contributed by atoms with Crippen LogP contribution in [0.25, 0.3) is 0 Å². The lowest BCUT2D eigenvalue weighted by atomic mass is 9.60. The van der Waals surface area contributed by atoms with Gasteiger partial charge in [-0.1, -0.05) is 18.5 Å². The van der Waals surface area contributed by atoms with Crippen LogP contribution in [-0.2, 0) is 22.6 Å². The van der Waals surface area contributed by atoms with Crippen molar-refractivity contribution in [2.24, 2.45) is 17.6 Å². The largest absolute Gasteiger partial charge is 0.511 e. The summed E-state index contributed by atoms with van der Waals surface area (Å²) >= 11 is 6.84. The fourth-order valence-electron chi connectivity index (χ4n) is 6.72. The Balaban J connectivity index is 1.48. The van der Waals surface area contributed by atoms with Crippen LogP contribution in [0.1, 0.15) is 54.1 Å². The molecule has 1 heterocycles. The summed E-state index contributed by atoms with van der Waals surface area (Å²) in [5, 5.41) is 44.1. The molecule has 1 fully saturated rings. The molecule has 0 aromatic heterocycles. The number of Topliss-reactive ketones (excluding diaryl/α,β-unsaturated/α-hetero) is 2. The number of ketones is 2. The molecule has 1 aromatic carbocycles. The fraction of sp³-hybridized carbons (Fsp3) is 0.536. The number of nitrogens with two attached hydrogens (primary N) is 1. The standard InChI is InChI=1S/C28H34ClN3O7/c1-2-31(7-8-32-5-3-4-6-32)13-15-11-18(33)21-17(23(15)29)10-14-9-16-12-19(34)22(27(30)38)26(37)28(16,39)25(36)20(14)24(21)35/h11,14,16,33-34,36,39H,2-10,12-13H2,1H3,(H2,30,38)/t14?,16-,28-/m0/s1. The molecule has 4 aliphatic rings. The van der Waals surface area contributed by atoms with Crippen molar-refractivity contribution >= 4 is 29.1 Å². The molecule has 0 spiro atoms. The molecule has 0 radical (unpaired) electrons. The minimum absolute atomic E-state index is 0.0690. The summed E-state index contributed by atoms with van der Waals surface area (Å²) in [7, 11) is 0. The van der Waals surface area contributed by atoms with Crippen LogP contribution in [0, 0.1) is 11.8 Å². The van der Waals surface area contributed by atoms with E-state index in [1.165, 1.54) is 18.9 Å². The molecule has 11 heteroatoms. The van der Waals surface area contributed by atoms with E-state index in [-0.39, 0.29) is 36.1 Å². The number of likely N-dealkylation sites (N-methyl/N-ethyl adjacent to an activating group) is 1. The van der Waals surface area contributed by atoms with Crippen LogP contribution >= 0.6 is 11.6 Å². The summed E-state index contributed by atoms with van der Waals surface area (Å²) in [6, 6.07) is 1.47. The molecule has 5 rings (SSSR count). The number of aromatic hydroxyl groups is 1. The number of likely N-dealkylation sites (tertiary alicyclic amines) is 1. The molecular formula is C28H34ClN3O7. The predicted octanol–water partition coefficient (Wildman–Crippen LogP) is 2.15. The van der Waals surface area contributed by atoms with Gasteiger partial charge in [0, 0.05) is 42.6 Å². The number of fused-ring (bicyclic) bond motifs is 3. The number of aliphatic hydroxyl groups excluding tert-OH is 2. The van der Waals surface area contributed by atoms with Gasteiger partial charge >= 0.3 is 0 Å². The Hall–Kier alpha value is -2.92. The number of aliphatic hydroxyl groups is 3. The van der Waals surface area contributed by atoms with Crippen molar-refractivity contribution in [3.63, 3.8) is 0 Å². The number of nitrogens with zero attached hydrogens (tertiary/aromatic N) is 2. The second-order valence-corrected chi connectivity index (χ2v) is 11.4. The molecule has 0 saturated carbocycles. The summed E-state index contributed by atoms with van der Waals surface area (Å²) in [5.74, 6) is -6.50. The van der Waals surface area contributed by atoms with E-state index in [1.807, 2.05) is 0 Å². The highest BCUT2D eigenvalue weighted by Crippen LogP contribution is 2.52. The Bertz CT molecular complexity index is 1320. The van der Waals surface area contributed by atoms with Gasteiger partial charge in [-0.25, -0.2) is 0 Å². The van der Waals surface area contributed by atoms with Gasteiger partial charge in [0.15, 0.2) is 11.4 Å². The Morgan fingerprint density at radius 2 is 1.90 bits per heavy atom. The van der Waals surface area contributed by atoms with Gasteiger partial charge in [0.25, 0.3) is 5.91 Å². The molecule has 210 valence electrons. The summed E-state index contributed by atoms with van der Waals surface area (Å²) < 4.78 is 0. The van der Waals surface area contributed by atoms with Gasteiger partial charge in [0.2, 0.25) is 5.78 Å². The quantitative estimate of drug-likeness (QED) is 0.315. The molecule has 39 heavy (non-hydrogen) atoms. The molecule has 1 aliphatic heterocycles. The third kappa shape index (κ3) is 4.43. The van der Waals surface area contributed by atoms with Crippen LogP contribution in [0.5, 0.6) is 5.75 Å². The number of phenols is 1. The van der Waals surface area contributed by atoms with Gasteiger partial charge in [-0.2, -0.15) is 0 Å². The minimum atomic E-state index is -2.58. The highest BCUT2D eigenvalue weighted by atomic mass is 35.5. The van der Waals surface area contributed by atoms with E-state index < -0.39 is 52.0 Å². The lowest BCUT2D eigenvalue weighted by Crippen LogP contribution is -2.57. The van der Waals surface area contributed by atoms with E-state index in [9.17, 15) is 34.8 Å². The number of halogens is 1. The van der Waals surface area contributed by atoms with E-state index in [1.54, 1.807) is 0 Å². The number of carbonyl (C=O) groups excluding carboxylic acids is 3. The van der Waals surface area contributed by atoms with Gasteiger partial charge in [0.05, 0.1) is 5.56 Å². The van der Waals surface area contributed by atoms with Gasteiger partial charge in [-0.05, 0) is 68.4 Å². The highest BCUT2D eigenvalue weighted by Gasteiger charge is 2.59. The zero-order chi connectivity index (χ0) is 28.2. The van der Waals surface area contributed by atoms with Crippen molar-refractivity contribution in [1.82, 2.24) is 9.80 Å². The lowest BCUT2D eigenvalue weighted by Gasteiger charge is -2.45. The average molecular weight is 560 g/mol. The number of benzene rings is 1. The van der Waals surface area contributed by atoms with Crippen molar-refractivity contribution in [3.05, 3.63) is 50.4 Å². The van der Waals surface area contributed by atoms with Crippen LogP contribution < -0.4 is 5.73 Å². The number of hydrogen-bond donors (Lipinski definition) is 5. The topological polar surface area (TPSA) is 165 Å². The maximum Gasteiger partial charge on any atom is 0.255 e. The second kappa shape index (κ2) is 10.2. The van der Waals surface area contributed by atoms with E-state index in [2.05, 4.69) is 16.7 Å². The van der Waals surface area contributed by atoms with E-state index in [0.29, 0.717) is 22.7 Å². The third-order valence-corrected chi connectivity index (χ3v) is 9.31. The lowest BCUT2D eigenvalue weighted by molar-refractivity contribution is -0.144. The van der Waals surface area contributed by atoms with Crippen LogP contribution in [0.15, 0.2) is 28.7 Å². The van der Waals surface area contributed by atoms with E-state index >= 15 is 0 Å². The first-order valence-corrected chi connectivity index (χ1v) is 13.8. The van der Waals surface area contributed by atoms with Crippen molar-refractivity contribution < 1.29 is 34.8 Å². The van der Waals surface area contributed by atoms with Crippen molar-refractivity contribution in [1.29, 1.82) is 0 Å². The first-order chi connectivity index (χ1) is 18.5. The molecule has 1 unspecified atom stereocenters. The average Bonchev–Trinajstić information content (AvgIpc) is 3.40. The van der Waals surface area contributed by atoms with E-state index in [0.717, 1.165) is 32.7 Å². The third-order valence-electron chi connectivity index (χ3n) is 8.84. The van der Waals surface area contributed by atoms with Crippen molar-refractivity contribution in [2.45, 2.75) is 51.2 Å². The molecule has 1 amide bonds. The molecule has 3 atom stereocenters. The van der Waals surface area contributed by atoms with Crippen LogP contribution in [0.4, 0.5) is 0 Å². The highest BCUT2D eigenvalue weighted by molar-refractivity contribution is 6.33. The van der Waals surface area contributed by atoms with Crippen LogP contribution in [0.3, 0.4) is 0 Å². The molecular weight excluding hydrogens is 526 g/mol. The number of rotatable bonds is 7. The number of hydrogen-bond acceptors (Lipinski definition) is 9. The van der Waals surface area contributed by atoms with Gasteiger partial charge in [-0.3, -0.25) is 19.3 Å². The fourth-order valence-corrected chi connectivity index (χ4v) is 7.00. The predicted molar refractivity (Wildman–Crippen MR) is 142 cm³/mol. The van der Waals surface area contributed by atoms with Crippen LogP contribution in [0.2, 0.25) is 5.02 Å². The Labute approximate surface area is 231 Å².